The summed E-state index contributed by atoms with van der Waals surface area (Å²) < 4.78 is 16.1. The molecule has 0 saturated heterocycles. The Morgan fingerprint density at radius 1 is 0.926 bits per heavy atom. The van der Waals surface area contributed by atoms with Crippen LogP contribution in [0, 0.1) is 0 Å². The minimum absolute atomic E-state index is 0.379. The summed E-state index contributed by atoms with van der Waals surface area (Å²) in [6.07, 6.45) is 3.60. The third kappa shape index (κ3) is 3.17. The molecule has 4 heteroatoms. The van der Waals surface area contributed by atoms with Crippen molar-refractivity contribution >= 4 is 28.6 Å². The quantitative estimate of drug-likeness (QED) is 0.495. The van der Waals surface area contributed by atoms with Gasteiger partial charge in [0.05, 0.1) is 25.4 Å². The van der Waals surface area contributed by atoms with E-state index in [1.807, 2.05) is 54.6 Å². The highest BCUT2D eigenvalue weighted by Crippen LogP contribution is 2.35. The molecule has 0 bridgehead atoms. The van der Waals surface area contributed by atoms with E-state index >= 15 is 0 Å². The summed E-state index contributed by atoms with van der Waals surface area (Å²) in [4.78, 5) is 12.4. The fraction of sp³-hybridized carbons (Fsp3) is 0.0870. The molecule has 1 aliphatic rings. The molecule has 0 unspecified atom stereocenters. The highest BCUT2D eigenvalue weighted by molar-refractivity contribution is 6.07. The summed E-state index contributed by atoms with van der Waals surface area (Å²) in [7, 11) is 3.16. The zero-order chi connectivity index (χ0) is 18.8. The zero-order valence-electron chi connectivity index (χ0n) is 15.1. The normalized spacial score (nSPS) is 15.0. The molecule has 0 spiro atoms. The Bertz CT molecular complexity index is 1090. The van der Waals surface area contributed by atoms with Gasteiger partial charge in [-0.15, -0.1) is 0 Å². The van der Waals surface area contributed by atoms with Crippen molar-refractivity contribution in [2.45, 2.75) is 0 Å². The number of methoxy groups -OCH3 is 2. The van der Waals surface area contributed by atoms with Gasteiger partial charge in [0.15, 0.2) is 0 Å². The SMILES string of the molecule is COc1ccc(C2=C/C(=C\c3cccc4ccccc34)C(=O)O2)c(OC)c1. The highest BCUT2D eigenvalue weighted by atomic mass is 16.5. The van der Waals surface area contributed by atoms with E-state index in [1.165, 1.54) is 0 Å². The fourth-order valence-electron chi connectivity index (χ4n) is 3.17. The minimum atomic E-state index is -0.379. The maximum absolute atomic E-state index is 12.4. The number of hydrogen-bond donors (Lipinski definition) is 0. The summed E-state index contributed by atoms with van der Waals surface area (Å²) >= 11 is 0. The van der Waals surface area contributed by atoms with Crippen molar-refractivity contribution in [3.63, 3.8) is 0 Å². The number of hydrogen-bond acceptors (Lipinski definition) is 4. The summed E-state index contributed by atoms with van der Waals surface area (Å²) in [5.41, 5.74) is 2.17. The van der Waals surface area contributed by atoms with Gasteiger partial charge in [-0.25, -0.2) is 4.79 Å². The Balaban J connectivity index is 1.76. The van der Waals surface area contributed by atoms with Crippen molar-refractivity contribution in [3.05, 3.63) is 83.4 Å². The lowest BCUT2D eigenvalue weighted by Crippen LogP contribution is -1.98. The van der Waals surface area contributed by atoms with Gasteiger partial charge < -0.3 is 14.2 Å². The van der Waals surface area contributed by atoms with Crippen LogP contribution in [0.1, 0.15) is 11.1 Å². The lowest BCUT2D eigenvalue weighted by molar-refractivity contribution is -0.130. The minimum Gasteiger partial charge on any atom is -0.497 e. The summed E-state index contributed by atoms with van der Waals surface area (Å²) in [5, 5.41) is 2.21. The van der Waals surface area contributed by atoms with Gasteiger partial charge in [-0.05, 0) is 40.6 Å². The molecule has 0 saturated carbocycles. The van der Waals surface area contributed by atoms with Crippen LogP contribution in [-0.2, 0) is 9.53 Å². The van der Waals surface area contributed by atoms with Crippen molar-refractivity contribution in [1.82, 2.24) is 0 Å². The third-order valence-corrected chi connectivity index (χ3v) is 4.53. The maximum Gasteiger partial charge on any atom is 0.343 e. The number of carbonyl (C=O) groups excluding carboxylic acids is 1. The second kappa shape index (κ2) is 7.00. The number of rotatable bonds is 4. The van der Waals surface area contributed by atoms with Gasteiger partial charge in [0.2, 0.25) is 0 Å². The average Bonchev–Trinajstić information content (AvgIpc) is 3.08. The van der Waals surface area contributed by atoms with Gasteiger partial charge in [-0.1, -0.05) is 42.5 Å². The van der Waals surface area contributed by atoms with Crippen LogP contribution in [0.4, 0.5) is 0 Å². The molecule has 0 amide bonds. The summed E-state index contributed by atoms with van der Waals surface area (Å²) in [6.45, 7) is 0. The molecule has 0 fully saturated rings. The van der Waals surface area contributed by atoms with Crippen LogP contribution < -0.4 is 9.47 Å². The molecular weight excluding hydrogens is 340 g/mol. The van der Waals surface area contributed by atoms with Crippen LogP contribution in [0.5, 0.6) is 11.5 Å². The van der Waals surface area contributed by atoms with Crippen LogP contribution >= 0.6 is 0 Å². The third-order valence-electron chi connectivity index (χ3n) is 4.53. The van der Waals surface area contributed by atoms with Gasteiger partial charge in [0.1, 0.15) is 17.3 Å². The molecule has 1 heterocycles. The number of benzene rings is 3. The Labute approximate surface area is 157 Å². The van der Waals surface area contributed by atoms with E-state index in [-0.39, 0.29) is 5.97 Å². The van der Waals surface area contributed by atoms with Crippen molar-refractivity contribution in [2.75, 3.05) is 14.2 Å². The van der Waals surface area contributed by atoms with Crippen molar-refractivity contribution in [2.24, 2.45) is 0 Å². The van der Waals surface area contributed by atoms with Gasteiger partial charge in [-0.2, -0.15) is 0 Å². The standard InChI is InChI=1S/C23H18O4/c1-25-18-10-11-20(21(14-18)26-2)22-13-17(23(24)27-22)12-16-8-5-7-15-6-3-4-9-19(15)16/h3-14H,1-2H3/b17-12+. The van der Waals surface area contributed by atoms with E-state index in [0.29, 0.717) is 28.4 Å². The second-order valence-electron chi connectivity index (χ2n) is 6.13. The first kappa shape index (κ1) is 16.9. The van der Waals surface area contributed by atoms with Crippen LogP contribution in [0.3, 0.4) is 0 Å². The van der Waals surface area contributed by atoms with Crippen LogP contribution in [0.25, 0.3) is 22.6 Å². The Kier molecular flexibility index (Phi) is 4.38. The molecule has 4 nitrogen and oxygen atoms in total. The molecule has 0 radical (unpaired) electrons. The summed E-state index contributed by atoms with van der Waals surface area (Å²) in [5.74, 6) is 1.34. The Morgan fingerprint density at radius 2 is 1.74 bits per heavy atom. The molecule has 0 N–H and O–H groups in total. The van der Waals surface area contributed by atoms with E-state index in [1.54, 1.807) is 32.4 Å². The van der Waals surface area contributed by atoms with Crippen LogP contribution in [0.15, 0.2) is 72.3 Å². The van der Waals surface area contributed by atoms with Crippen molar-refractivity contribution in [1.29, 1.82) is 0 Å². The van der Waals surface area contributed by atoms with E-state index in [0.717, 1.165) is 16.3 Å². The molecule has 4 rings (SSSR count). The first-order chi connectivity index (χ1) is 13.2. The van der Waals surface area contributed by atoms with Crippen LogP contribution in [0.2, 0.25) is 0 Å². The van der Waals surface area contributed by atoms with Gasteiger partial charge in [-0.3, -0.25) is 0 Å². The smallest absolute Gasteiger partial charge is 0.343 e. The van der Waals surface area contributed by atoms with E-state index < -0.39 is 0 Å². The molecule has 27 heavy (non-hydrogen) atoms. The van der Waals surface area contributed by atoms with Crippen molar-refractivity contribution in [3.8, 4) is 11.5 Å². The highest BCUT2D eigenvalue weighted by Gasteiger charge is 2.24. The molecule has 0 atom stereocenters. The molecule has 0 aromatic heterocycles. The average molecular weight is 358 g/mol. The van der Waals surface area contributed by atoms with E-state index in [9.17, 15) is 4.79 Å². The molecule has 134 valence electrons. The number of ether oxygens (including phenoxy) is 3. The number of esters is 1. The Hall–Kier alpha value is -3.53. The van der Waals surface area contributed by atoms with E-state index in [4.69, 9.17) is 14.2 Å². The Morgan fingerprint density at radius 3 is 2.56 bits per heavy atom. The number of carbonyl (C=O) groups is 1. The summed E-state index contributed by atoms with van der Waals surface area (Å²) in [6, 6.07) is 19.5. The first-order valence-electron chi connectivity index (χ1n) is 8.55. The first-order valence-corrected chi connectivity index (χ1v) is 8.55. The molecule has 3 aromatic rings. The van der Waals surface area contributed by atoms with Gasteiger partial charge >= 0.3 is 5.97 Å². The molecular formula is C23H18O4. The molecule has 3 aromatic carbocycles. The lowest BCUT2D eigenvalue weighted by Gasteiger charge is -2.10. The van der Waals surface area contributed by atoms with Gasteiger partial charge in [0.25, 0.3) is 0 Å². The predicted octanol–water partition coefficient (Wildman–Crippen LogP) is 4.84. The topological polar surface area (TPSA) is 44.8 Å². The second-order valence-corrected chi connectivity index (χ2v) is 6.13. The van der Waals surface area contributed by atoms with Crippen molar-refractivity contribution < 1.29 is 19.0 Å². The molecule has 1 aliphatic heterocycles. The monoisotopic (exact) mass is 358 g/mol. The lowest BCUT2D eigenvalue weighted by atomic mass is 10.0. The maximum atomic E-state index is 12.4. The zero-order valence-corrected chi connectivity index (χ0v) is 15.1. The predicted molar refractivity (Wildman–Crippen MR) is 106 cm³/mol. The largest absolute Gasteiger partial charge is 0.497 e. The van der Waals surface area contributed by atoms with Crippen LogP contribution in [-0.4, -0.2) is 20.2 Å². The molecule has 0 aliphatic carbocycles. The fourth-order valence-corrected chi connectivity index (χ4v) is 3.17. The number of cyclic esters (lactones) is 1. The van der Waals surface area contributed by atoms with Gasteiger partial charge in [0, 0.05) is 6.07 Å². The van der Waals surface area contributed by atoms with E-state index in [2.05, 4.69) is 0 Å². The number of fused-ring (bicyclic) bond motifs is 1.